The van der Waals surface area contributed by atoms with E-state index in [9.17, 15) is 9.59 Å². The first-order chi connectivity index (χ1) is 11.1. The van der Waals surface area contributed by atoms with Crippen LogP contribution in [0.5, 0.6) is 0 Å². The van der Waals surface area contributed by atoms with Crippen LogP contribution in [0.2, 0.25) is 5.02 Å². The van der Waals surface area contributed by atoms with Crippen LogP contribution in [0, 0.1) is 11.3 Å². The zero-order valence-corrected chi connectivity index (χ0v) is 12.5. The van der Waals surface area contributed by atoms with Crippen molar-refractivity contribution in [2.45, 2.75) is 0 Å². The molecule has 6 heteroatoms. The third-order valence-corrected chi connectivity index (χ3v) is 3.71. The Hall–Kier alpha value is -3.10. The summed E-state index contributed by atoms with van der Waals surface area (Å²) in [5, 5.41) is 13.1. The maximum absolute atomic E-state index is 12.4. The first kappa shape index (κ1) is 14.8. The zero-order chi connectivity index (χ0) is 16.4. The predicted octanol–water partition coefficient (Wildman–Crippen LogP) is 3.31. The number of nitrogens with zero attached hydrogens (tertiary/aromatic N) is 1. The molecule has 5 nitrogen and oxygen atoms in total. The summed E-state index contributed by atoms with van der Waals surface area (Å²) in [6, 6.07) is 13.3. The van der Waals surface area contributed by atoms with Crippen LogP contribution in [0.1, 0.15) is 15.9 Å². The Balaban J connectivity index is 2.02. The second-order valence-electron chi connectivity index (χ2n) is 4.84. The molecule has 0 bridgehead atoms. The van der Waals surface area contributed by atoms with Crippen molar-refractivity contribution in [3.05, 3.63) is 75.2 Å². The number of aromatic nitrogens is 1. The van der Waals surface area contributed by atoms with Gasteiger partial charge in [0.25, 0.3) is 11.5 Å². The standard InChI is InChI=1S/C17H10ClN3O2/c18-14-8-13-10(5-6-20-16(13)22)7-15(14)21-17(23)12-4-2-1-3-11(12)9-19/h1-8H,(H,20,22)(H,21,23). The van der Waals surface area contributed by atoms with Crippen molar-refractivity contribution >= 4 is 34.0 Å². The Morgan fingerprint density at radius 2 is 2.00 bits per heavy atom. The van der Waals surface area contributed by atoms with Crippen LogP contribution < -0.4 is 10.9 Å². The number of amides is 1. The first-order valence-corrected chi connectivity index (χ1v) is 7.09. The normalized spacial score (nSPS) is 10.3. The lowest BCUT2D eigenvalue weighted by atomic mass is 10.1. The minimum Gasteiger partial charge on any atom is -0.329 e. The molecule has 0 aliphatic carbocycles. The molecule has 2 N–H and O–H groups in total. The van der Waals surface area contributed by atoms with Gasteiger partial charge in [-0.2, -0.15) is 5.26 Å². The predicted molar refractivity (Wildman–Crippen MR) is 88.7 cm³/mol. The number of hydrogen-bond acceptors (Lipinski definition) is 3. The van der Waals surface area contributed by atoms with E-state index in [1.807, 2.05) is 6.07 Å². The highest BCUT2D eigenvalue weighted by Gasteiger charge is 2.13. The largest absolute Gasteiger partial charge is 0.329 e. The number of halogens is 1. The van der Waals surface area contributed by atoms with Crippen LogP contribution in [0.15, 0.2) is 53.5 Å². The highest BCUT2D eigenvalue weighted by Crippen LogP contribution is 2.27. The van der Waals surface area contributed by atoms with Crippen LogP contribution in [0.4, 0.5) is 5.69 Å². The summed E-state index contributed by atoms with van der Waals surface area (Å²) in [5.41, 5.74) is 0.662. The number of aromatic amines is 1. The smallest absolute Gasteiger partial charge is 0.257 e. The van der Waals surface area contributed by atoms with E-state index in [1.165, 1.54) is 12.3 Å². The Bertz CT molecular complexity index is 1020. The molecule has 3 rings (SSSR count). The second-order valence-corrected chi connectivity index (χ2v) is 5.24. The molecule has 1 aromatic heterocycles. The third kappa shape index (κ3) is 2.80. The molecular weight excluding hydrogens is 314 g/mol. The highest BCUT2D eigenvalue weighted by molar-refractivity contribution is 6.34. The number of benzene rings is 2. The quantitative estimate of drug-likeness (QED) is 0.758. The summed E-state index contributed by atoms with van der Waals surface area (Å²) in [6.07, 6.45) is 1.52. The summed E-state index contributed by atoms with van der Waals surface area (Å²) in [6.45, 7) is 0. The molecule has 0 unspecified atom stereocenters. The number of carbonyl (C=O) groups excluding carboxylic acids is 1. The maximum atomic E-state index is 12.4. The van der Waals surface area contributed by atoms with Gasteiger partial charge in [0.15, 0.2) is 0 Å². The minimum absolute atomic E-state index is 0.247. The average molecular weight is 324 g/mol. The molecular formula is C17H10ClN3O2. The Kier molecular flexibility index (Phi) is 3.83. The van der Waals surface area contributed by atoms with Gasteiger partial charge in [-0.25, -0.2) is 0 Å². The molecule has 0 radical (unpaired) electrons. The molecule has 0 fully saturated rings. The first-order valence-electron chi connectivity index (χ1n) is 6.71. The van der Waals surface area contributed by atoms with E-state index in [0.717, 1.165) is 0 Å². The average Bonchev–Trinajstić information content (AvgIpc) is 2.56. The molecule has 0 aliphatic rings. The van der Waals surface area contributed by atoms with E-state index in [2.05, 4.69) is 10.3 Å². The van der Waals surface area contributed by atoms with Gasteiger partial charge in [0.1, 0.15) is 0 Å². The van der Waals surface area contributed by atoms with Gasteiger partial charge in [0, 0.05) is 11.6 Å². The molecule has 1 heterocycles. The number of fused-ring (bicyclic) bond motifs is 1. The van der Waals surface area contributed by atoms with E-state index in [0.29, 0.717) is 16.5 Å². The van der Waals surface area contributed by atoms with Crippen LogP contribution in [-0.2, 0) is 0 Å². The van der Waals surface area contributed by atoms with Gasteiger partial charge >= 0.3 is 0 Å². The number of rotatable bonds is 2. The molecule has 23 heavy (non-hydrogen) atoms. The van der Waals surface area contributed by atoms with E-state index >= 15 is 0 Å². The molecule has 0 atom stereocenters. The Morgan fingerprint density at radius 1 is 1.22 bits per heavy atom. The van der Waals surface area contributed by atoms with Crippen molar-refractivity contribution in [2.75, 3.05) is 5.32 Å². The van der Waals surface area contributed by atoms with Gasteiger partial charge < -0.3 is 10.3 Å². The lowest BCUT2D eigenvalue weighted by Gasteiger charge is -2.09. The van der Waals surface area contributed by atoms with Gasteiger partial charge in [-0.05, 0) is 35.7 Å². The molecule has 0 spiro atoms. The van der Waals surface area contributed by atoms with Gasteiger partial charge in [-0.1, -0.05) is 23.7 Å². The van der Waals surface area contributed by atoms with E-state index in [1.54, 1.807) is 36.4 Å². The highest BCUT2D eigenvalue weighted by atomic mass is 35.5. The summed E-state index contributed by atoms with van der Waals surface area (Å²) in [4.78, 5) is 26.7. The van der Waals surface area contributed by atoms with Crippen LogP contribution in [0.3, 0.4) is 0 Å². The molecule has 112 valence electrons. The Labute approximate surface area is 136 Å². The number of pyridine rings is 1. The van der Waals surface area contributed by atoms with Crippen LogP contribution >= 0.6 is 11.6 Å². The molecule has 0 aliphatic heterocycles. The minimum atomic E-state index is -0.437. The molecule has 3 aromatic rings. The lowest BCUT2D eigenvalue weighted by molar-refractivity contribution is 0.102. The summed E-state index contributed by atoms with van der Waals surface area (Å²) >= 11 is 6.15. The number of carbonyl (C=O) groups is 1. The molecule has 0 saturated carbocycles. The van der Waals surface area contributed by atoms with Crippen molar-refractivity contribution in [3.8, 4) is 6.07 Å². The Morgan fingerprint density at radius 3 is 2.78 bits per heavy atom. The maximum Gasteiger partial charge on any atom is 0.257 e. The summed E-state index contributed by atoms with van der Waals surface area (Å²) in [7, 11) is 0. The number of H-pyrrole nitrogens is 1. The SMILES string of the molecule is N#Cc1ccccc1C(=O)Nc1cc2cc[nH]c(=O)c2cc1Cl. The summed E-state index contributed by atoms with van der Waals surface area (Å²) < 4.78 is 0. The van der Waals surface area contributed by atoms with Gasteiger partial charge in [0.2, 0.25) is 0 Å². The second kappa shape index (κ2) is 5.95. The zero-order valence-electron chi connectivity index (χ0n) is 11.8. The number of hydrogen-bond donors (Lipinski definition) is 2. The van der Waals surface area contributed by atoms with Crippen molar-refractivity contribution in [3.63, 3.8) is 0 Å². The van der Waals surface area contributed by atoms with E-state index in [4.69, 9.17) is 16.9 Å². The van der Waals surface area contributed by atoms with Gasteiger partial charge in [-0.3, -0.25) is 9.59 Å². The van der Waals surface area contributed by atoms with Crippen molar-refractivity contribution < 1.29 is 4.79 Å². The van der Waals surface area contributed by atoms with E-state index < -0.39 is 5.91 Å². The number of nitriles is 1. The fourth-order valence-electron chi connectivity index (χ4n) is 2.27. The van der Waals surface area contributed by atoms with Crippen molar-refractivity contribution in [1.29, 1.82) is 5.26 Å². The van der Waals surface area contributed by atoms with Gasteiger partial charge in [-0.15, -0.1) is 0 Å². The topological polar surface area (TPSA) is 85.8 Å². The number of anilines is 1. The lowest BCUT2D eigenvalue weighted by Crippen LogP contribution is -2.14. The monoisotopic (exact) mass is 323 g/mol. The van der Waals surface area contributed by atoms with Crippen molar-refractivity contribution in [2.24, 2.45) is 0 Å². The van der Waals surface area contributed by atoms with Crippen LogP contribution in [-0.4, -0.2) is 10.9 Å². The van der Waals surface area contributed by atoms with Crippen molar-refractivity contribution in [1.82, 2.24) is 4.98 Å². The summed E-state index contributed by atoms with van der Waals surface area (Å²) in [5.74, 6) is -0.437. The molecule has 2 aromatic carbocycles. The number of nitrogens with one attached hydrogen (secondary N) is 2. The van der Waals surface area contributed by atoms with Crippen LogP contribution in [0.25, 0.3) is 10.8 Å². The van der Waals surface area contributed by atoms with Gasteiger partial charge in [0.05, 0.1) is 27.9 Å². The fraction of sp³-hybridized carbons (Fsp3) is 0. The third-order valence-electron chi connectivity index (χ3n) is 3.40. The molecule has 0 saturated heterocycles. The molecule has 1 amide bonds. The fourth-order valence-corrected chi connectivity index (χ4v) is 2.48. The van der Waals surface area contributed by atoms with E-state index in [-0.39, 0.29) is 21.7 Å².